The number of fused-ring (bicyclic) bond motifs is 2. The Morgan fingerprint density at radius 1 is 0.911 bits per heavy atom. The third-order valence-electron chi connectivity index (χ3n) is 15.2. The summed E-state index contributed by atoms with van der Waals surface area (Å²) in [6.45, 7) is 13.0. The van der Waals surface area contributed by atoms with Crippen LogP contribution in [0.15, 0.2) is 11.6 Å². The van der Waals surface area contributed by atoms with Crippen LogP contribution in [0.2, 0.25) is 0 Å². The zero-order valence-electron chi connectivity index (χ0n) is 28.2. The molecule has 6 rings (SSSR count). The summed E-state index contributed by atoms with van der Waals surface area (Å²) < 4.78 is 12.1. The highest BCUT2D eigenvalue weighted by Crippen LogP contribution is 2.89. The fraction of sp³-hybridized carbons (Fsp3) is 0.944. The second-order valence-corrected chi connectivity index (χ2v) is 17.4. The molecule has 9 heteroatoms. The van der Waals surface area contributed by atoms with Crippen LogP contribution in [-0.4, -0.2) is 98.0 Å². The number of aliphatic hydroxyl groups excluding tert-OH is 7. The lowest BCUT2D eigenvalue weighted by molar-refractivity contribution is -0.329. The smallest absolute Gasteiger partial charge is 0.186 e. The Morgan fingerprint density at radius 2 is 1.62 bits per heavy atom. The van der Waals surface area contributed by atoms with Gasteiger partial charge in [0.2, 0.25) is 0 Å². The van der Waals surface area contributed by atoms with E-state index in [2.05, 4.69) is 40.7 Å². The van der Waals surface area contributed by atoms with E-state index in [1.165, 1.54) is 0 Å². The molecule has 7 N–H and O–H groups in total. The molecule has 0 amide bonds. The minimum absolute atomic E-state index is 0.000313. The lowest BCUT2D eigenvalue weighted by Crippen LogP contribution is -2.63. The van der Waals surface area contributed by atoms with Gasteiger partial charge in [0.1, 0.15) is 24.4 Å². The quantitative estimate of drug-likeness (QED) is 0.157. The molecule has 0 radical (unpaired) electrons. The molecule has 6 aliphatic rings. The van der Waals surface area contributed by atoms with Crippen molar-refractivity contribution in [3.63, 3.8) is 0 Å². The molecule has 1 saturated heterocycles. The summed E-state index contributed by atoms with van der Waals surface area (Å²) in [5, 5.41) is 74.2. The summed E-state index contributed by atoms with van der Waals surface area (Å²) in [5.74, 6) is 0.885. The Balaban J connectivity index is 1.23. The SMILES string of the molecule is CC(=CCC[C@@H](C)[C@H]1[C@@H](O)C[C@@]2(C)[C@@H]3C[C@H](O)C4C(C)(C)[C@@H](O[C@@H]5O[C@H](CO)[C@@H](O)[C@H](O)[C@H]5O)CC[C@@]45C[C@@]35CC[C@]12C)CO. The molecule has 258 valence electrons. The van der Waals surface area contributed by atoms with Crippen molar-refractivity contribution in [1.29, 1.82) is 0 Å². The highest BCUT2D eigenvalue weighted by atomic mass is 16.7. The molecule has 0 aromatic rings. The number of hydrogen-bond acceptors (Lipinski definition) is 9. The van der Waals surface area contributed by atoms with Crippen molar-refractivity contribution in [3.05, 3.63) is 11.6 Å². The van der Waals surface area contributed by atoms with Gasteiger partial charge in [0.05, 0.1) is 31.5 Å². The van der Waals surface area contributed by atoms with Crippen LogP contribution in [0.25, 0.3) is 0 Å². The first-order valence-corrected chi connectivity index (χ1v) is 17.6. The predicted molar refractivity (Wildman–Crippen MR) is 168 cm³/mol. The van der Waals surface area contributed by atoms with Gasteiger partial charge in [-0.1, -0.05) is 46.3 Å². The van der Waals surface area contributed by atoms with Crippen molar-refractivity contribution in [2.45, 2.75) is 148 Å². The summed E-state index contributed by atoms with van der Waals surface area (Å²) in [7, 11) is 0. The molecular weight excluding hydrogens is 576 g/mol. The number of rotatable bonds is 8. The Bertz CT molecular complexity index is 1140. The normalized spacial score (nSPS) is 54.4. The van der Waals surface area contributed by atoms with E-state index in [-0.39, 0.29) is 52.3 Å². The Hall–Kier alpha value is -0.620. The first-order valence-electron chi connectivity index (χ1n) is 17.6. The van der Waals surface area contributed by atoms with Crippen molar-refractivity contribution in [3.8, 4) is 0 Å². The molecule has 9 nitrogen and oxygen atoms in total. The van der Waals surface area contributed by atoms with E-state index in [0.717, 1.165) is 56.9 Å². The number of hydrogen-bond donors (Lipinski definition) is 7. The number of aliphatic hydroxyl groups is 7. The van der Waals surface area contributed by atoms with Gasteiger partial charge in [-0.15, -0.1) is 0 Å². The van der Waals surface area contributed by atoms with Gasteiger partial charge < -0.3 is 45.2 Å². The fourth-order valence-corrected chi connectivity index (χ4v) is 12.9. The lowest BCUT2D eigenvalue weighted by Gasteiger charge is -2.64. The van der Waals surface area contributed by atoms with E-state index in [1.807, 2.05) is 6.92 Å². The van der Waals surface area contributed by atoms with Gasteiger partial charge in [-0.3, -0.25) is 0 Å². The zero-order chi connectivity index (χ0) is 32.9. The van der Waals surface area contributed by atoms with Crippen LogP contribution in [0.5, 0.6) is 0 Å². The molecule has 16 atom stereocenters. The topological polar surface area (TPSA) is 160 Å². The molecule has 5 saturated carbocycles. The van der Waals surface area contributed by atoms with E-state index in [0.29, 0.717) is 18.3 Å². The maximum absolute atomic E-state index is 12.1. The van der Waals surface area contributed by atoms with Crippen LogP contribution < -0.4 is 0 Å². The summed E-state index contributed by atoms with van der Waals surface area (Å²) in [6, 6.07) is 0. The third-order valence-corrected chi connectivity index (χ3v) is 15.2. The van der Waals surface area contributed by atoms with Crippen LogP contribution in [0, 0.1) is 50.7 Å². The molecule has 0 aromatic carbocycles. The van der Waals surface area contributed by atoms with Gasteiger partial charge in [0.15, 0.2) is 6.29 Å². The summed E-state index contributed by atoms with van der Waals surface area (Å²) in [4.78, 5) is 0. The Morgan fingerprint density at radius 3 is 2.29 bits per heavy atom. The maximum Gasteiger partial charge on any atom is 0.186 e. The molecule has 1 heterocycles. The zero-order valence-corrected chi connectivity index (χ0v) is 28.2. The number of ether oxygens (including phenoxy) is 2. The average Bonchev–Trinajstić information content (AvgIpc) is 3.57. The van der Waals surface area contributed by atoms with Crippen molar-refractivity contribution < 1.29 is 45.2 Å². The monoisotopic (exact) mass is 636 g/mol. The minimum atomic E-state index is -1.49. The molecule has 2 spiro atoms. The number of allylic oxidation sites excluding steroid dienone is 1. The van der Waals surface area contributed by atoms with Gasteiger partial charge in [0, 0.05) is 0 Å². The van der Waals surface area contributed by atoms with Crippen LogP contribution in [0.3, 0.4) is 0 Å². The van der Waals surface area contributed by atoms with Gasteiger partial charge in [-0.05, 0) is 115 Å². The lowest BCUT2D eigenvalue weighted by atomic mass is 9.41. The Kier molecular flexibility index (Phi) is 8.74. The van der Waals surface area contributed by atoms with Crippen LogP contribution in [-0.2, 0) is 9.47 Å². The fourth-order valence-electron chi connectivity index (χ4n) is 12.9. The van der Waals surface area contributed by atoms with Crippen molar-refractivity contribution >= 4 is 0 Å². The standard InChI is InChI=1S/C36H60O9/c1-19(16-37)8-7-9-20(2)26-22(40)15-34(6)24-14-21(39)30-32(3,4)25(45-31-29(43)28(42)27(41)23(17-38)44-31)10-11-36(30)18-35(24,36)13-12-33(26,34)5/h8,20-31,37-43H,7,9-18H2,1-6H3/t20-,21+,22+,23-,24+,25+,26+,27-,28+,29-,30?,31+,33-,34+,35+,36-/m1/s1. The second-order valence-electron chi connectivity index (χ2n) is 17.4. The Labute approximate surface area is 269 Å². The molecule has 1 aliphatic heterocycles. The molecule has 0 aromatic heterocycles. The van der Waals surface area contributed by atoms with Crippen LogP contribution in [0.1, 0.15) is 99.3 Å². The summed E-state index contributed by atoms with van der Waals surface area (Å²) in [5.41, 5.74) is 0.579. The van der Waals surface area contributed by atoms with Gasteiger partial charge in [-0.25, -0.2) is 0 Å². The molecular formula is C36H60O9. The van der Waals surface area contributed by atoms with Crippen LogP contribution in [0.4, 0.5) is 0 Å². The van der Waals surface area contributed by atoms with E-state index >= 15 is 0 Å². The molecule has 45 heavy (non-hydrogen) atoms. The first kappa shape index (κ1) is 34.3. The highest BCUT2D eigenvalue weighted by Gasteiger charge is 2.84. The largest absolute Gasteiger partial charge is 0.394 e. The van der Waals surface area contributed by atoms with E-state index in [4.69, 9.17) is 9.47 Å². The van der Waals surface area contributed by atoms with Gasteiger partial charge >= 0.3 is 0 Å². The average molecular weight is 637 g/mol. The van der Waals surface area contributed by atoms with E-state index < -0.39 is 48.8 Å². The molecule has 5 aliphatic carbocycles. The van der Waals surface area contributed by atoms with Crippen LogP contribution >= 0.6 is 0 Å². The first-order chi connectivity index (χ1) is 21.0. The van der Waals surface area contributed by atoms with Gasteiger partial charge in [0.25, 0.3) is 0 Å². The summed E-state index contributed by atoms with van der Waals surface area (Å²) >= 11 is 0. The van der Waals surface area contributed by atoms with Crippen molar-refractivity contribution in [1.82, 2.24) is 0 Å². The molecule has 1 unspecified atom stereocenters. The minimum Gasteiger partial charge on any atom is -0.394 e. The second kappa shape index (κ2) is 11.5. The van der Waals surface area contributed by atoms with E-state index in [1.54, 1.807) is 0 Å². The maximum atomic E-state index is 12.1. The van der Waals surface area contributed by atoms with Crippen molar-refractivity contribution in [2.24, 2.45) is 50.7 Å². The third kappa shape index (κ3) is 4.73. The molecule has 6 fully saturated rings. The van der Waals surface area contributed by atoms with Gasteiger partial charge in [-0.2, -0.15) is 0 Å². The van der Waals surface area contributed by atoms with E-state index in [9.17, 15) is 35.7 Å². The predicted octanol–water partition coefficient (Wildman–Crippen LogP) is 2.91. The van der Waals surface area contributed by atoms with Crippen molar-refractivity contribution in [2.75, 3.05) is 13.2 Å². The summed E-state index contributed by atoms with van der Waals surface area (Å²) in [6.07, 6.45) is 2.61. The highest BCUT2D eigenvalue weighted by molar-refractivity contribution is 5.32. The molecule has 0 bridgehead atoms.